The van der Waals surface area contributed by atoms with Crippen molar-refractivity contribution in [1.29, 1.82) is 0 Å². The van der Waals surface area contributed by atoms with E-state index in [9.17, 15) is 5.11 Å². The van der Waals surface area contributed by atoms with Gasteiger partial charge in [-0.3, -0.25) is 0 Å². The maximum absolute atomic E-state index is 9.46. The zero-order valence-corrected chi connectivity index (χ0v) is 13.9. The van der Waals surface area contributed by atoms with Gasteiger partial charge in [0.05, 0.1) is 5.52 Å². The summed E-state index contributed by atoms with van der Waals surface area (Å²) in [6.07, 6.45) is 13.4. The third-order valence-electron chi connectivity index (χ3n) is 4.31. The molecule has 0 spiro atoms. The fraction of sp³-hybridized carbons (Fsp3) is 0.550. The van der Waals surface area contributed by atoms with Gasteiger partial charge in [0.1, 0.15) is 0 Å². The Labute approximate surface area is 134 Å². The Hall–Kier alpha value is -1.57. The second kappa shape index (κ2) is 9.45. The highest BCUT2D eigenvalue weighted by Gasteiger charge is 2.00. The van der Waals surface area contributed by atoms with Gasteiger partial charge in [-0.2, -0.15) is 0 Å². The second-order valence-corrected chi connectivity index (χ2v) is 6.27. The zero-order valence-electron chi connectivity index (χ0n) is 13.9. The topological polar surface area (TPSA) is 33.1 Å². The van der Waals surface area contributed by atoms with E-state index in [1.807, 2.05) is 6.07 Å². The third kappa shape index (κ3) is 5.67. The van der Waals surface area contributed by atoms with Crippen molar-refractivity contribution in [3.63, 3.8) is 0 Å². The maximum Gasteiger partial charge on any atom is 0.211 e. The molecule has 1 aromatic heterocycles. The van der Waals surface area contributed by atoms with E-state index in [0.717, 1.165) is 17.3 Å². The molecule has 0 fully saturated rings. The van der Waals surface area contributed by atoms with Crippen LogP contribution in [-0.4, -0.2) is 10.1 Å². The number of aromatic nitrogens is 1. The van der Waals surface area contributed by atoms with Crippen LogP contribution in [0.3, 0.4) is 0 Å². The normalized spacial score (nSPS) is 11.1. The largest absolute Gasteiger partial charge is 0.493 e. The summed E-state index contributed by atoms with van der Waals surface area (Å²) in [6, 6.07) is 9.96. The number of unbranched alkanes of at least 4 members (excludes halogenated alkanes) is 8. The van der Waals surface area contributed by atoms with Gasteiger partial charge in [-0.1, -0.05) is 70.4 Å². The Bertz CT molecular complexity index is 565. The van der Waals surface area contributed by atoms with E-state index in [1.54, 1.807) is 6.07 Å². The molecule has 22 heavy (non-hydrogen) atoms. The molecule has 0 saturated carbocycles. The van der Waals surface area contributed by atoms with Crippen LogP contribution in [0.2, 0.25) is 0 Å². The van der Waals surface area contributed by atoms with E-state index in [-0.39, 0.29) is 5.88 Å². The van der Waals surface area contributed by atoms with Gasteiger partial charge in [0.2, 0.25) is 5.88 Å². The number of aromatic hydroxyl groups is 1. The molecule has 0 atom stereocenters. The Morgan fingerprint density at radius 2 is 1.45 bits per heavy atom. The molecule has 1 heterocycles. The molecule has 0 aliphatic rings. The van der Waals surface area contributed by atoms with Gasteiger partial charge >= 0.3 is 0 Å². The highest BCUT2D eigenvalue weighted by atomic mass is 16.3. The van der Waals surface area contributed by atoms with E-state index in [2.05, 4.69) is 30.1 Å². The minimum Gasteiger partial charge on any atom is -0.493 e. The molecule has 0 amide bonds. The van der Waals surface area contributed by atoms with Crippen molar-refractivity contribution in [3.05, 3.63) is 35.9 Å². The predicted molar refractivity (Wildman–Crippen MR) is 94.3 cm³/mol. The van der Waals surface area contributed by atoms with Gasteiger partial charge in [-0.05, 0) is 30.5 Å². The second-order valence-electron chi connectivity index (χ2n) is 6.27. The number of rotatable bonds is 10. The summed E-state index contributed by atoms with van der Waals surface area (Å²) < 4.78 is 0. The maximum atomic E-state index is 9.46. The van der Waals surface area contributed by atoms with Gasteiger partial charge in [0, 0.05) is 11.5 Å². The first-order valence-corrected chi connectivity index (χ1v) is 8.88. The first kappa shape index (κ1) is 16.8. The van der Waals surface area contributed by atoms with Crippen LogP contribution in [0.15, 0.2) is 30.3 Å². The molecule has 0 unspecified atom stereocenters. The summed E-state index contributed by atoms with van der Waals surface area (Å²) in [6.45, 7) is 2.27. The molecule has 0 aliphatic heterocycles. The molecule has 0 aliphatic carbocycles. The first-order chi connectivity index (χ1) is 10.8. The molecule has 2 nitrogen and oxygen atoms in total. The smallest absolute Gasteiger partial charge is 0.211 e. The van der Waals surface area contributed by atoms with E-state index >= 15 is 0 Å². The molecule has 120 valence electrons. The molecule has 1 aromatic carbocycles. The van der Waals surface area contributed by atoms with Crippen molar-refractivity contribution in [2.24, 2.45) is 0 Å². The third-order valence-corrected chi connectivity index (χ3v) is 4.31. The number of fused-ring (bicyclic) bond motifs is 1. The standard InChI is InChI=1S/C20H29NO/c1-2-3-4-5-6-7-8-9-10-11-17-12-13-18-14-15-20(22)21-19(18)16-17/h12-16H,2-11H2,1H3,(H,21,22). The number of pyridine rings is 1. The summed E-state index contributed by atoms with van der Waals surface area (Å²) >= 11 is 0. The van der Waals surface area contributed by atoms with Crippen molar-refractivity contribution >= 4 is 10.9 Å². The number of benzene rings is 1. The Balaban J connectivity index is 1.65. The monoisotopic (exact) mass is 299 g/mol. The highest BCUT2D eigenvalue weighted by Crippen LogP contribution is 2.19. The van der Waals surface area contributed by atoms with Crippen LogP contribution in [0, 0.1) is 0 Å². The Morgan fingerprint density at radius 3 is 2.18 bits per heavy atom. The highest BCUT2D eigenvalue weighted by molar-refractivity contribution is 5.79. The number of aryl methyl sites for hydroxylation is 1. The van der Waals surface area contributed by atoms with E-state index in [4.69, 9.17) is 0 Å². The van der Waals surface area contributed by atoms with Crippen LogP contribution in [0.25, 0.3) is 10.9 Å². The van der Waals surface area contributed by atoms with Crippen molar-refractivity contribution in [2.75, 3.05) is 0 Å². The van der Waals surface area contributed by atoms with Crippen LogP contribution < -0.4 is 0 Å². The van der Waals surface area contributed by atoms with E-state index in [1.165, 1.54) is 63.4 Å². The fourth-order valence-electron chi connectivity index (χ4n) is 2.95. The Morgan fingerprint density at radius 1 is 0.818 bits per heavy atom. The lowest BCUT2D eigenvalue weighted by molar-refractivity contribution is 0.456. The van der Waals surface area contributed by atoms with Gasteiger partial charge in [0.25, 0.3) is 0 Å². The molecule has 0 saturated heterocycles. The van der Waals surface area contributed by atoms with Crippen molar-refractivity contribution in [2.45, 2.75) is 71.1 Å². The lowest BCUT2D eigenvalue weighted by Gasteiger charge is -2.04. The fourth-order valence-corrected chi connectivity index (χ4v) is 2.95. The summed E-state index contributed by atoms with van der Waals surface area (Å²) in [5.41, 5.74) is 2.22. The van der Waals surface area contributed by atoms with Gasteiger partial charge in [0.15, 0.2) is 0 Å². The minimum atomic E-state index is 0.104. The summed E-state index contributed by atoms with van der Waals surface area (Å²) in [4.78, 5) is 4.19. The molecule has 0 radical (unpaired) electrons. The van der Waals surface area contributed by atoms with Crippen LogP contribution in [0.1, 0.15) is 70.3 Å². The quantitative estimate of drug-likeness (QED) is 0.545. The molecule has 2 rings (SSSR count). The van der Waals surface area contributed by atoms with Crippen LogP contribution in [0.5, 0.6) is 5.88 Å². The average molecular weight is 299 g/mol. The molecule has 0 bridgehead atoms. The lowest BCUT2D eigenvalue weighted by Crippen LogP contribution is -1.88. The van der Waals surface area contributed by atoms with Crippen molar-refractivity contribution < 1.29 is 5.11 Å². The number of hydrogen-bond donors (Lipinski definition) is 1. The minimum absolute atomic E-state index is 0.104. The molecule has 1 N–H and O–H groups in total. The van der Waals surface area contributed by atoms with Gasteiger partial charge < -0.3 is 5.11 Å². The molecule has 2 aromatic rings. The Kier molecular flexibility index (Phi) is 7.21. The van der Waals surface area contributed by atoms with Crippen LogP contribution in [-0.2, 0) is 6.42 Å². The van der Waals surface area contributed by atoms with Crippen LogP contribution >= 0.6 is 0 Å². The summed E-state index contributed by atoms with van der Waals surface area (Å²) in [5.74, 6) is 0.104. The summed E-state index contributed by atoms with van der Waals surface area (Å²) in [5, 5.41) is 10.6. The van der Waals surface area contributed by atoms with Crippen LogP contribution in [0.4, 0.5) is 0 Å². The average Bonchev–Trinajstić information content (AvgIpc) is 2.53. The first-order valence-electron chi connectivity index (χ1n) is 8.88. The number of hydrogen-bond acceptors (Lipinski definition) is 2. The summed E-state index contributed by atoms with van der Waals surface area (Å²) in [7, 11) is 0. The molecule has 2 heteroatoms. The molecular formula is C20H29NO. The molecular weight excluding hydrogens is 270 g/mol. The van der Waals surface area contributed by atoms with Crippen molar-refractivity contribution in [1.82, 2.24) is 4.98 Å². The zero-order chi connectivity index (χ0) is 15.6. The van der Waals surface area contributed by atoms with Gasteiger partial charge in [-0.25, -0.2) is 4.98 Å². The number of nitrogens with zero attached hydrogens (tertiary/aromatic N) is 1. The van der Waals surface area contributed by atoms with E-state index in [0.29, 0.717) is 0 Å². The predicted octanol–water partition coefficient (Wildman–Crippen LogP) is 6.01. The SMILES string of the molecule is CCCCCCCCCCCc1ccc2ccc(O)nc2c1. The lowest BCUT2D eigenvalue weighted by atomic mass is 10.0. The van der Waals surface area contributed by atoms with Gasteiger partial charge in [-0.15, -0.1) is 0 Å². The van der Waals surface area contributed by atoms with Crippen molar-refractivity contribution in [3.8, 4) is 5.88 Å². The van der Waals surface area contributed by atoms with E-state index < -0.39 is 0 Å².